The molecule has 0 saturated carbocycles. The summed E-state index contributed by atoms with van der Waals surface area (Å²) in [7, 11) is 1.89. The highest BCUT2D eigenvalue weighted by atomic mass is 32.1. The first kappa shape index (κ1) is 27.7. The first-order chi connectivity index (χ1) is 20.8. The van der Waals surface area contributed by atoms with E-state index in [-0.39, 0.29) is 18.5 Å². The van der Waals surface area contributed by atoms with Crippen LogP contribution in [0.15, 0.2) is 86.1 Å². The van der Waals surface area contributed by atoms with Crippen LogP contribution in [0.1, 0.15) is 11.3 Å². The van der Waals surface area contributed by atoms with Crippen LogP contribution in [0, 0.1) is 12.7 Å². The molecule has 9 nitrogen and oxygen atoms in total. The van der Waals surface area contributed by atoms with Crippen LogP contribution in [0.25, 0.3) is 42.9 Å². The molecule has 0 atom stereocenters. The Morgan fingerprint density at radius 2 is 1.95 bits per heavy atom. The van der Waals surface area contributed by atoms with Gasteiger partial charge in [0.15, 0.2) is 0 Å². The number of carbonyl (C=O) groups excluding carboxylic acids is 1. The van der Waals surface area contributed by atoms with Gasteiger partial charge >= 0.3 is 6.01 Å². The lowest BCUT2D eigenvalue weighted by Gasteiger charge is -2.10. The molecule has 1 amide bonds. The molecule has 2 aromatic carbocycles. The van der Waals surface area contributed by atoms with E-state index in [0.29, 0.717) is 33.0 Å². The molecule has 0 aliphatic heterocycles. The lowest BCUT2D eigenvalue weighted by atomic mass is 9.97. The fraction of sp³-hybridized carbons (Fsp3) is 0.0938. The zero-order chi connectivity index (χ0) is 30.1. The first-order valence-electron chi connectivity index (χ1n) is 13.3. The Morgan fingerprint density at radius 3 is 2.65 bits per heavy atom. The van der Waals surface area contributed by atoms with Gasteiger partial charge in [0.25, 0.3) is 0 Å². The summed E-state index contributed by atoms with van der Waals surface area (Å²) in [5.41, 5.74) is 11.4. The average Bonchev–Trinajstić information content (AvgIpc) is 3.61. The van der Waals surface area contributed by atoms with Crippen LogP contribution in [-0.2, 0) is 18.4 Å². The quantitative estimate of drug-likeness (QED) is 0.195. The van der Waals surface area contributed by atoms with Gasteiger partial charge in [0.1, 0.15) is 17.4 Å². The number of halogens is 1. The molecule has 6 rings (SSSR count). The van der Waals surface area contributed by atoms with Crippen LogP contribution in [-0.4, -0.2) is 30.4 Å². The number of pyridine rings is 1. The number of nitrogens with one attached hydrogen (secondary N) is 1. The highest BCUT2D eigenvalue weighted by Gasteiger charge is 2.24. The number of ether oxygens (including phenoxy) is 1. The molecule has 0 saturated heterocycles. The van der Waals surface area contributed by atoms with Gasteiger partial charge in [0.05, 0.1) is 16.7 Å². The van der Waals surface area contributed by atoms with Gasteiger partial charge < -0.3 is 20.4 Å². The van der Waals surface area contributed by atoms with Gasteiger partial charge in [-0.3, -0.25) is 4.79 Å². The number of benzene rings is 2. The molecule has 0 unspecified atom stereocenters. The molecule has 0 bridgehead atoms. The molecule has 4 heterocycles. The summed E-state index contributed by atoms with van der Waals surface area (Å²) >= 11 is 1.42. The van der Waals surface area contributed by atoms with Crippen molar-refractivity contribution in [2.24, 2.45) is 7.05 Å². The number of fused-ring (bicyclic) bond motifs is 1. The molecule has 0 fully saturated rings. The number of aryl methyl sites for hydroxylation is 2. The van der Waals surface area contributed by atoms with Crippen LogP contribution < -0.4 is 15.8 Å². The van der Waals surface area contributed by atoms with Crippen LogP contribution >= 0.6 is 11.3 Å². The molecule has 0 spiro atoms. The highest BCUT2D eigenvalue weighted by molar-refractivity contribution is 7.23. The van der Waals surface area contributed by atoms with Crippen molar-refractivity contribution in [1.82, 2.24) is 29.8 Å². The van der Waals surface area contributed by atoms with E-state index in [0.717, 1.165) is 32.8 Å². The summed E-state index contributed by atoms with van der Waals surface area (Å²) in [6.07, 6.45) is 8.13. The number of nitrogens with two attached hydrogens (primary N) is 1. The molecule has 4 aromatic heterocycles. The summed E-state index contributed by atoms with van der Waals surface area (Å²) < 4.78 is 24.4. The standard InChI is InChI=1S/C32H26FN7O2S/c1-4-26(41)36-14-19-5-10-22(24(33)13-19)29-27(20-6-8-21(9-7-20)42-32-35-12-11-18(2)39-32)28-30(43-29)23(15-37-31(28)34)25-16-40(3)17-38-25/h4-13,15-17H,1,14H2,2-3H3,(H2,34,37)(H,36,41). The molecular weight excluding hydrogens is 565 g/mol. The number of nitrogen functional groups attached to an aromatic ring is 1. The van der Waals surface area contributed by atoms with E-state index in [1.165, 1.54) is 23.5 Å². The number of carbonyl (C=O) groups is 1. The number of hydrogen-bond acceptors (Lipinski definition) is 8. The fourth-order valence-corrected chi connectivity index (χ4v) is 6.08. The number of hydrogen-bond donors (Lipinski definition) is 2. The zero-order valence-corrected chi connectivity index (χ0v) is 24.2. The van der Waals surface area contributed by atoms with E-state index in [1.54, 1.807) is 36.9 Å². The Hall–Kier alpha value is -5.42. The molecular formula is C32H26FN7O2S. The maximum Gasteiger partial charge on any atom is 0.322 e. The third-order valence-electron chi connectivity index (χ3n) is 6.78. The van der Waals surface area contributed by atoms with Crippen molar-refractivity contribution in [3.05, 3.63) is 103 Å². The van der Waals surface area contributed by atoms with E-state index in [4.69, 9.17) is 10.5 Å². The van der Waals surface area contributed by atoms with Gasteiger partial charge in [-0.25, -0.2) is 24.3 Å². The van der Waals surface area contributed by atoms with Crippen molar-refractivity contribution >= 4 is 33.1 Å². The van der Waals surface area contributed by atoms with Gasteiger partial charge in [-0.05, 0) is 48.4 Å². The lowest BCUT2D eigenvalue weighted by molar-refractivity contribution is -0.116. The number of rotatable bonds is 8. The summed E-state index contributed by atoms with van der Waals surface area (Å²) in [5, 5.41) is 3.39. The molecule has 0 aliphatic rings. The van der Waals surface area contributed by atoms with Gasteiger partial charge in [0, 0.05) is 64.8 Å². The maximum atomic E-state index is 15.8. The Bertz CT molecular complexity index is 2000. The van der Waals surface area contributed by atoms with Crippen molar-refractivity contribution in [2.75, 3.05) is 5.73 Å². The van der Waals surface area contributed by atoms with Crippen LogP contribution in [0.5, 0.6) is 11.8 Å². The third kappa shape index (κ3) is 5.57. The number of nitrogens with zero attached hydrogens (tertiary/aromatic N) is 5. The van der Waals surface area contributed by atoms with Crippen molar-refractivity contribution in [3.63, 3.8) is 0 Å². The van der Waals surface area contributed by atoms with E-state index in [1.807, 2.05) is 49.0 Å². The number of imidazole rings is 1. The Kier molecular flexibility index (Phi) is 7.39. The van der Waals surface area contributed by atoms with Crippen molar-refractivity contribution < 1.29 is 13.9 Å². The summed E-state index contributed by atoms with van der Waals surface area (Å²) in [6, 6.07) is 14.4. The molecule has 0 aliphatic carbocycles. The van der Waals surface area contributed by atoms with E-state index in [2.05, 4.69) is 31.8 Å². The minimum Gasteiger partial charge on any atom is -0.424 e. The van der Waals surface area contributed by atoms with Crippen molar-refractivity contribution in [1.29, 1.82) is 0 Å². The Balaban J connectivity index is 1.49. The first-order valence-corrected chi connectivity index (χ1v) is 14.1. The molecule has 214 valence electrons. The van der Waals surface area contributed by atoms with Gasteiger partial charge in [0.2, 0.25) is 5.91 Å². The van der Waals surface area contributed by atoms with Gasteiger partial charge in [-0.2, -0.15) is 0 Å². The lowest BCUT2D eigenvalue weighted by Crippen LogP contribution is -2.19. The normalized spacial score (nSPS) is 11.0. The van der Waals surface area contributed by atoms with Crippen LogP contribution in [0.2, 0.25) is 0 Å². The maximum absolute atomic E-state index is 15.8. The number of anilines is 1. The molecule has 3 N–H and O–H groups in total. The SMILES string of the molecule is C=CC(=O)NCc1ccc(-c2sc3c(-c4cn(C)cn4)cnc(N)c3c2-c2ccc(Oc3nccc(C)n3)cc2)c(F)c1. The van der Waals surface area contributed by atoms with E-state index in [9.17, 15) is 4.79 Å². The molecule has 6 aromatic rings. The molecule has 11 heteroatoms. The second kappa shape index (κ2) is 11.5. The van der Waals surface area contributed by atoms with E-state index >= 15 is 4.39 Å². The smallest absolute Gasteiger partial charge is 0.322 e. The second-order valence-corrected chi connectivity index (χ2v) is 10.9. The Morgan fingerprint density at radius 1 is 1.14 bits per heavy atom. The molecule has 43 heavy (non-hydrogen) atoms. The molecule has 0 radical (unpaired) electrons. The summed E-state index contributed by atoms with van der Waals surface area (Å²) in [5.74, 6) is 0.112. The predicted molar refractivity (Wildman–Crippen MR) is 166 cm³/mol. The second-order valence-electron chi connectivity index (χ2n) is 9.83. The predicted octanol–water partition coefficient (Wildman–Crippen LogP) is 6.45. The van der Waals surface area contributed by atoms with Crippen LogP contribution in [0.3, 0.4) is 0 Å². The van der Waals surface area contributed by atoms with Gasteiger partial charge in [-0.15, -0.1) is 11.3 Å². The average molecular weight is 592 g/mol. The largest absolute Gasteiger partial charge is 0.424 e. The highest BCUT2D eigenvalue weighted by Crippen LogP contribution is 2.50. The monoisotopic (exact) mass is 591 g/mol. The number of amides is 1. The fourth-order valence-electron chi connectivity index (χ4n) is 4.71. The van der Waals surface area contributed by atoms with Crippen molar-refractivity contribution in [3.8, 4) is 44.6 Å². The Labute approximate surface area is 250 Å². The van der Waals surface area contributed by atoms with Crippen LogP contribution in [0.4, 0.5) is 10.2 Å². The third-order valence-corrected chi connectivity index (χ3v) is 8.03. The van der Waals surface area contributed by atoms with E-state index < -0.39 is 5.82 Å². The topological polar surface area (TPSA) is 121 Å². The summed E-state index contributed by atoms with van der Waals surface area (Å²) in [4.78, 5) is 29.8. The summed E-state index contributed by atoms with van der Waals surface area (Å²) in [6.45, 7) is 5.49. The number of thiophene rings is 1. The minimum absolute atomic E-state index is 0.175. The zero-order valence-electron chi connectivity index (χ0n) is 23.3. The minimum atomic E-state index is -0.430. The van der Waals surface area contributed by atoms with Gasteiger partial charge in [-0.1, -0.05) is 30.8 Å². The van der Waals surface area contributed by atoms with Crippen molar-refractivity contribution in [2.45, 2.75) is 13.5 Å². The number of aromatic nitrogens is 5.